The van der Waals surface area contributed by atoms with Crippen LogP contribution in [0.1, 0.15) is 53.2 Å². The summed E-state index contributed by atoms with van der Waals surface area (Å²) in [5.74, 6) is 0.881. The van der Waals surface area contributed by atoms with Gasteiger partial charge in [0.25, 0.3) is 0 Å². The minimum absolute atomic E-state index is 0.0349. The van der Waals surface area contributed by atoms with E-state index in [9.17, 15) is 4.79 Å². The van der Waals surface area contributed by atoms with Gasteiger partial charge in [-0.05, 0) is 19.8 Å². The molecule has 3 heterocycles. The molecular weight excluding hydrogens is 322 g/mol. The SMILES string of the molecule is Cc1c([C@H]2[C@H](NCc3csc(C4CC4)n3)CC(=O)N2C)cnn1C. The number of likely N-dealkylation sites (N-methyl/N-ethyl adjacent to an activating group) is 1. The van der Waals surface area contributed by atoms with Gasteiger partial charge in [0, 0.05) is 55.7 Å². The van der Waals surface area contributed by atoms with Crippen LogP contribution < -0.4 is 5.32 Å². The van der Waals surface area contributed by atoms with Gasteiger partial charge in [0.15, 0.2) is 0 Å². The van der Waals surface area contributed by atoms with Crippen molar-refractivity contribution in [1.82, 2.24) is 25.0 Å². The highest BCUT2D eigenvalue weighted by atomic mass is 32.1. The molecule has 0 radical (unpaired) electrons. The highest BCUT2D eigenvalue weighted by molar-refractivity contribution is 7.09. The number of aromatic nitrogens is 3. The number of aryl methyl sites for hydroxylation is 1. The zero-order chi connectivity index (χ0) is 16.8. The number of nitrogens with zero attached hydrogens (tertiary/aromatic N) is 4. The van der Waals surface area contributed by atoms with Gasteiger partial charge in [0.05, 0.1) is 22.9 Å². The molecule has 1 aliphatic heterocycles. The number of rotatable bonds is 5. The third-order valence-corrected chi connectivity index (χ3v) is 6.28. The van der Waals surface area contributed by atoms with Crippen molar-refractivity contribution in [2.24, 2.45) is 7.05 Å². The predicted molar refractivity (Wildman–Crippen MR) is 92.8 cm³/mol. The maximum Gasteiger partial charge on any atom is 0.224 e. The molecule has 128 valence electrons. The average Bonchev–Trinajstić information content (AvgIpc) is 3.14. The summed E-state index contributed by atoms with van der Waals surface area (Å²) in [5.41, 5.74) is 3.32. The van der Waals surface area contributed by atoms with Crippen LogP contribution in [0.3, 0.4) is 0 Å². The quantitative estimate of drug-likeness (QED) is 0.902. The number of hydrogen-bond donors (Lipinski definition) is 1. The predicted octanol–water partition coefficient (Wildman–Crippen LogP) is 2.12. The van der Waals surface area contributed by atoms with Gasteiger partial charge in [0.2, 0.25) is 5.91 Å². The number of nitrogens with one attached hydrogen (secondary N) is 1. The molecule has 1 saturated carbocycles. The summed E-state index contributed by atoms with van der Waals surface area (Å²) in [6.07, 6.45) is 4.97. The van der Waals surface area contributed by atoms with Gasteiger partial charge < -0.3 is 10.2 Å². The fourth-order valence-electron chi connectivity index (χ4n) is 3.44. The summed E-state index contributed by atoms with van der Waals surface area (Å²) in [6.45, 7) is 2.77. The first-order valence-corrected chi connectivity index (χ1v) is 9.34. The molecule has 2 aliphatic rings. The van der Waals surface area contributed by atoms with Gasteiger partial charge in [-0.3, -0.25) is 9.48 Å². The summed E-state index contributed by atoms with van der Waals surface area (Å²) >= 11 is 1.76. The van der Waals surface area contributed by atoms with Crippen molar-refractivity contribution in [1.29, 1.82) is 0 Å². The van der Waals surface area contributed by atoms with E-state index in [0.717, 1.165) is 17.0 Å². The van der Waals surface area contributed by atoms with Crippen molar-refractivity contribution in [2.45, 2.75) is 50.7 Å². The molecule has 1 saturated heterocycles. The van der Waals surface area contributed by atoms with E-state index in [1.165, 1.54) is 17.8 Å². The molecule has 24 heavy (non-hydrogen) atoms. The molecule has 1 amide bonds. The van der Waals surface area contributed by atoms with E-state index >= 15 is 0 Å². The number of hydrogen-bond acceptors (Lipinski definition) is 5. The van der Waals surface area contributed by atoms with E-state index in [1.807, 2.05) is 29.9 Å². The van der Waals surface area contributed by atoms with Crippen LogP contribution in [0.2, 0.25) is 0 Å². The number of carbonyl (C=O) groups excluding carboxylic acids is 1. The van der Waals surface area contributed by atoms with Gasteiger partial charge in [-0.15, -0.1) is 11.3 Å². The van der Waals surface area contributed by atoms with Crippen LogP contribution in [0.4, 0.5) is 0 Å². The highest BCUT2D eigenvalue weighted by Gasteiger charge is 2.39. The smallest absolute Gasteiger partial charge is 0.224 e. The van der Waals surface area contributed by atoms with Crippen LogP contribution >= 0.6 is 11.3 Å². The van der Waals surface area contributed by atoms with Crippen molar-refractivity contribution in [3.05, 3.63) is 33.5 Å². The largest absolute Gasteiger partial charge is 0.337 e. The first-order valence-electron chi connectivity index (χ1n) is 8.46. The molecule has 0 spiro atoms. The van der Waals surface area contributed by atoms with E-state index in [1.54, 1.807) is 11.3 Å². The second kappa shape index (κ2) is 5.97. The molecule has 7 heteroatoms. The Labute approximate surface area is 145 Å². The molecule has 2 atom stereocenters. The summed E-state index contributed by atoms with van der Waals surface area (Å²) < 4.78 is 1.87. The molecule has 0 aromatic carbocycles. The van der Waals surface area contributed by atoms with Crippen LogP contribution in [0.25, 0.3) is 0 Å². The molecular formula is C17H23N5OS. The Hall–Kier alpha value is -1.73. The summed E-state index contributed by atoms with van der Waals surface area (Å²) in [4.78, 5) is 18.8. The third kappa shape index (κ3) is 2.75. The Balaban J connectivity index is 1.49. The fourth-order valence-corrected chi connectivity index (χ4v) is 4.43. The first kappa shape index (κ1) is 15.8. The Morgan fingerprint density at radius 2 is 2.17 bits per heavy atom. The van der Waals surface area contributed by atoms with Crippen LogP contribution in [0, 0.1) is 6.92 Å². The van der Waals surface area contributed by atoms with E-state index in [4.69, 9.17) is 4.98 Å². The molecule has 1 aliphatic carbocycles. The molecule has 1 N–H and O–H groups in total. The number of likely N-dealkylation sites (tertiary alicyclic amines) is 1. The van der Waals surface area contributed by atoms with Gasteiger partial charge in [-0.1, -0.05) is 0 Å². The third-order valence-electron chi connectivity index (χ3n) is 5.22. The van der Waals surface area contributed by atoms with E-state index < -0.39 is 0 Å². The molecule has 0 unspecified atom stereocenters. The maximum atomic E-state index is 12.2. The highest BCUT2D eigenvalue weighted by Crippen LogP contribution is 2.41. The zero-order valence-corrected chi connectivity index (χ0v) is 15.1. The Bertz CT molecular complexity index is 763. The monoisotopic (exact) mass is 345 g/mol. The van der Waals surface area contributed by atoms with Gasteiger partial charge in [-0.2, -0.15) is 5.10 Å². The van der Waals surface area contributed by atoms with E-state index in [2.05, 4.69) is 22.7 Å². The van der Waals surface area contributed by atoms with Crippen LogP contribution in [-0.4, -0.2) is 38.7 Å². The maximum absolute atomic E-state index is 12.2. The Morgan fingerprint density at radius 1 is 1.38 bits per heavy atom. The van der Waals surface area contributed by atoms with Crippen LogP contribution in [0.15, 0.2) is 11.6 Å². The normalized spacial score (nSPS) is 24.1. The summed E-state index contributed by atoms with van der Waals surface area (Å²) in [7, 11) is 3.82. The second-order valence-electron chi connectivity index (χ2n) is 6.90. The second-order valence-corrected chi connectivity index (χ2v) is 7.79. The van der Waals surface area contributed by atoms with Gasteiger partial charge in [0.1, 0.15) is 0 Å². The van der Waals surface area contributed by atoms with Crippen molar-refractivity contribution in [2.75, 3.05) is 7.05 Å². The Morgan fingerprint density at radius 3 is 2.83 bits per heavy atom. The van der Waals surface area contributed by atoms with E-state index in [0.29, 0.717) is 18.9 Å². The molecule has 2 fully saturated rings. The van der Waals surface area contributed by atoms with Gasteiger partial charge in [-0.25, -0.2) is 4.98 Å². The summed E-state index contributed by atoms with van der Waals surface area (Å²) in [5, 5.41) is 11.3. The minimum atomic E-state index is 0.0349. The molecule has 2 aromatic heterocycles. The number of carbonyl (C=O) groups is 1. The lowest BCUT2D eigenvalue weighted by molar-refractivity contribution is -0.127. The zero-order valence-electron chi connectivity index (χ0n) is 14.3. The van der Waals surface area contributed by atoms with Crippen molar-refractivity contribution >= 4 is 17.2 Å². The first-order chi connectivity index (χ1) is 11.5. The number of amides is 1. The standard InChI is InChI=1S/C17H23N5OS/c1-10-13(8-19-22(10)3)16-14(6-15(23)21(16)2)18-7-12-9-24-17(20-12)11-4-5-11/h8-9,11,14,16,18H,4-7H2,1-3H3/t14-,16+/m1/s1. The minimum Gasteiger partial charge on any atom is -0.337 e. The lowest BCUT2D eigenvalue weighted by Crippen LogP contribution is -2.35. The summed E-state index contributed by atoms with van der Waals surface area (Å²) in [6, 6.07) is 0.129. The fraction of sp³-hybridized carbons (Fsp3) is 0.588. The molecule has 2 aromatic rings. The molecule has 6 nitrogen and oxygen atoms in total. The lowest BCUT2D eigenvalue weighted by Gasteiger charge is -2.25. The topological polar surface area (TPSA) is 63.1 Å². The average molecular weight is 345 g/mol. The van der Waals surface area contributed by atoms with Crippen molar-refractivity contribution < 1.29 is 4.79 Å². The van der Waals surface area contributed by atoms with Crippen molar-refractivity contribution in [3.63, 3.8) is 0 Å². The molecule has 4 rings (SSSR count). The van der Waals surface area contributed by atoms with Crippen LogP contribution in [0.5, 0.6) is 0 Å². The van der Waals surface area contributed by atoms with Gasteiger partial charge >= 0.3 is 0 Å². The van der Waals surface area contributed by atoms with Crippen LogP contribution in [-0.2, 0) is 18.4 Å². The number of thiazole rings is 1. The molecule has 0 bridgehead atoms. The Kier molecular flexibility index (Phi) is 3.92. The van der Waals surface area contributed by atoms with Crippen molar-refractivity contribution in [3.8, 4) is 0 Å². The van der Waals surface area contributed by atoms with E-state index in [-0.39, 0.29) is 18.0 Å². The lowest BCUT2D eigenvalue weighted by atomic mass is 10.0.